The maximum atomic E-state index is 5.41. The molecule has 0 aliphatic heterocycles. The van der Waals surface area contributed by atoms with E-state index < -0.39 is 0 Å². The molecule has 6 nitrogen and oxygen atoms in total. The fourth-order valence-electron chi connectivity index (χ4n) is 1.18. The lowest BCUT2D eigenvalue weighted by Gasteiger charge is -2.20. The van der Waals surface area contributed by atoms with Gasteiger partial charge in [0.15, 0.2) is 0 Å². The van der Waals surface area contributed by atoms with Gasteiger partial charge in [0.25, 0.3) is 0 Å². The van der Waals surface area contributed by atoms with Crippen molar-refractivity contribution in [3.8, 4) is 0 Å². The van der Waals surface area contributed by atoms with Gasteiger partial charge >= 0.3 is 0 Å². The number of hydrogen-bond donors (Lipinski definition) is 3. The average Bonchev–Trinajstić information content (AvgIpc) is 2.21. The molecular weight excluding hydrogens is 184 g/mol. The molecule has 0 radical (unpaired) electrons. The molecule has 0 aliphatic rings. The average molecular weight is 206 g/mol. The summed E-state index contributed by atoms with van der Waals surface area (Å²) in [7, 11) is 0. The van der Waals surface area contributed by atoms with Gasteiger partial charge in [-0.15, -0.1) is 0 Å². The number of rotatable bonds is 10. The number of nitrogens with zero attached hydrogens (tertiary/aromatic N) is 1. The van der Waals surface area contributed by atoms with Gasteiger partial charge in [0.1, 0.15) is 0 Å². The van der Waals surface area contributed by atoms with Crippen molar-refractivity contribution in [2.45, 2.75) is 12.8 Å². The fourth-order valence-corrected chi connectivity index (χ4v) is 1.18. The number of nitrogens with two attached hydrogens (primary N) is 3. The maximum absolute atomic E-state index is 5.41. The molecule has 0 saturated heterocycles. The minimum absolute atomic E-state index is 0.521. The number of hydrogen-bond acceptors (Lipinski definition) is 6. The van der Waals surface area contributed by atoms with E-state index in [9.17, 15) is 0 Å². The van der Waals surface area contributed by atoms with Gasteiger partial charge in [-0.1, -0.05) is 0 Å². The van der Waals surface area contributed by atoms with E-state index in [1.807, 2.05) is 0 Å². The van der Waals surface area contributed by atoms with E-state index in [1.54, 1.807) is 0 Å². The van der Waals surface area contributed by atoms with E-state index in [1.165, 1.54) is 0 Å². The standard InChI is InChI=1S/C8H22N4O2/c9-3-1-2-4-12(5-7-13-10)6-8-14-11/h1-11H2. The molecule has 0 saturated carbocycles. The van der Waals surface area contributed by atoms with Crippen molar-refractivity contribution in [1.82, 2.24) is 4.90 Å². The molecule has 6 heteroatoms. The van der Waals surface area contributed by atoms with E-state index in [4.69, 9.17) is 17.5 Å². The highest BCUT2D eigenvalue weighted by molar-refractivity contribution is 4.57. The van der Waals surface area contributed by atoms with Crippen molar-refractivity contribution in [3.05, 3.63) is 0 Å². The highest BCUT2D eigenvalue weighted by atomic mass is 16.6. The topological polar surface area (TPSA) is 99.8 Å². The van der Waals surface area contributed by atoms with Gasteiger partial charge in [0.2, 0.25) is 0 Å². The molecule has 0 aromatic carbocycles. The molecule has 0 fully saturated rings. The second-order valence-corrected chi connectivity index (χ2v) is 3.08. The summed E-state index contributed by atoms with van der Waals surface area (Å²) in [4.78, 5) is 11.2. The van der Waals surface area contributed by atoms with Crippen LogP contribution in [0.4, 0.5) is 0 Å². The zero-order valence-electron chi connectivity index (χ0n) is 8.65. The Morgan fingerprint density at radius 3 is 1.86 bits per heavy atom. The van der Waals surface area contributed by atoms with E-state index in [-0.39, 0.29) is 0 Å². The van der Waals surface area contributed by atoms with Crippen LogP contribution in [-0.2, 0) is 9.68 Å². The molecule has 0 atom stereocenters. The molecule has 0 unspecified atom stereocenters. The third kappa shape index (κ3) is 8.36. The highest BCUT2D eigenvalue weighted by Crippen LogP contribution is 1.94. The lowest BCUT2D eigenvalue weighted by molar-refractivity contribution is 0.0746. The van der Waals surface area contributed by atoms with Crippen LogP contribution >= 0.6 is 0 Å². The zero-order valence-corrected chi connectivity index (χ0v) is 8.65. The molecule has 0 heterocycles. The molecule has 0 rings (SSSR count). The van der Waals surface area contributed by atoms with E-state index in [0.29, 0.717) is 13.2 Å². The van der Waals surface area contributed by atoms with Crippen molar-refractivity contribution in [1.29, 1.82) is 0 Å². The highest BCUT2D eigenvalue weighted by Gasteiger charge is 2.03. The number of unbranched alkanes of at least 4 members (excludes halogenated alkanes) is 1. The molecule has 0 bridgehead atoms. The largest absolute Gasteiger partial charge is 0.330 e. The van der Waals surface area contributed by atoms with Gasteiger partial charge in [-0.2, -0.15) is 0 Å². The summed E-state index contributed by atoms with van der Waals surface area (Å²) in [6.07, 6.45) is 2.11. The van der Waals surface area contributed by atoms with Crippen LogP contribution in [0.1, 0.15) is 12.8 Å². The Kier molecular flexibility index (Phi) is 10.7. The second kappa shape index (κ2) is 10.8. The van der Waals surface area contributed by atoms with Crippen LogP contribution in [0.2, 0.25) is 0 Å². The molecule has 0 spiro atoms. The first-order valence-electron chi connectivity index (χ1n) is 4.91. The van der Waals surface area contributed by atoms with Gasteiger partial charge in [-0.05, 0) is 25.9 Å². The van der Waals surface area contributed by atoms with Gasteiger partial charge in [-0.25, -0.2) is 11.8 Å². The van der Waals surface area contributed by atoms with Crippen molar-refractivity contribution >= 4 is 0 Å². The molecular formula is C8H22N4O2. The Morgan fingerprint density at radius 1 is 0.857 bits per heavy atom. The molecule has 0 amide bonds. The Bertz CT molecular complexity index is 108. The zero-order chi connectivity index (χ0) is 10.6. The van der Waals surface area contributed by atoms with Crippen molar-refractivity contribution < 1.29 is 9.68 Å². The first kappa shape index (κ1) is 13.8. The summed E-state index contributed by atoms with van der Waals surface area (Å²) in [5, 5.41) is 0. The predicted molar refractivity (Wildman–Crippen MR) is 55.0 cm³/mol. The predicted octanol–water partition coefficient (Wildman–Crippen LogP) is -1.19. The van der Waals surface area contributed by atoms with Crippen LogP contribution in [0, 0.1) is 0 Å². The maximum Gasteiger partial charge on any atom is 0.0806 e. The van der Waals surface area contributed by atoms with Crippen LogP contribution in [0.15, 0.2) is 0 Å². The third-order valence-corrected chi connectivity index (χ3v) is 1.98. The monoisotopic (exact) mass is 206 g/mol. The van der Waals surface area contributed by atoms with Crippen molar-refractivity contribution in [2.24, 2.45) is 17.5 Å². The molecule has 6 N–H and O–H groups in total. The van der Waals surface area contributed by atoms with E-state index in [0.717, 1.165) is 39.0 Å². The second-order valence-electron chi connectivity index (χ2n) is 3.08. The summed E-state index contributed by atoms with van der Waals surface area (Å²) in [5.41, 5.74) is 5.41. The first-order chi connectivity index (χ1) is 6.85. The van der Waals surface area contributed by atoms with Crippen LogP contribution in [0.25, 0.3) is 0 Å². The van der Waals surface area contributed by atoms with Crippen LogP contribution in [0.3, 0.4) is 0 Å². The van der Waals surface area contributed by atoms with Crippen molar-refractivity contribution in [3.63, 3.8) is 0 Å². The quantitative estimate of drug-likeness (QED) is 0.307. The summed E-state index contributed by atoms with van der Waals surface area (Å²) >= 11 is 0. The Labute approximate surface area is 85.2 Å². The summed E-state index contributed by atoms with van der Waals surface area (Å²) in [6.45, 7) is 4.34. The molecule has 86 valence electrons. The lowest BCUT2D eigenvalue weighted by atomic mass is 10.3. The molecule has 0 aromatic rings. The smallest absolute Gasteiger partial charge is 0.0806 e. The normalized spacial score (nSPS) is 11.1. The minimum atomic E-state index is 0.521. The fraction of sp³-hybridized carbons (Fsp3) is 1.00. The van der Waals surface area contributed by atoms with Crippen LogP contribution < -0.4 is 17.5 Å². The molecule has 0 aromatic heterocycles. The summed E-state index contributed by atoms with van der Waals surface area (Å²) in [6, 6.07) is 0. The Hall–Kier alpha value is -0.240. The van der Waals surface area contributed by atoms with Crippen molar-refractivity contribution in [2.75, 3.05) is 39.4 Å². The summed E-state index contributed by atoms with van der Waals surface area (Å²) in [5.74, 6) is 9.92. The Balaban J connectivity index is 3.49. The van der Waals surface area contributed by atoms with Gasteiger partial charge in [-0.3, -0.25) is 4.90 Å². The third-order valence-electron chi connectivity index (χ3n) is 1.98. The van der Waals surface area contributed by atoms with Gasteiger partial charge < -0.3 is 15.4 Å². The lowest BCUT2D eigenvalue weighted by Crippen LogP contribution is -2.33. The first-order valence-corrected chi connectivity index (χ1v) is 4.91. The minimum Gasteiger partial charge on any atom is -0.330 e. The van der Waals surface area contributed by atoms with Gasteiger partial charge in [0.05, 0.1) is 13.2 Å². The van der Waals surface area contributed by atoms with E-state index in [2.05, 4.69) is 14.6 Å². The summed E-state index contributed by atoms with van der Waals surface area (Å²) < 4.78 is 0. The van der Waals surface area contributed by atoms with Crippen LogP contribution in [-0.4, -0.2) is 44.3 Å². The van der Waals surface area contributed by atoms with Gasteiger partial charge in [0, 0.05) is 13.1 Å². The Morgan fingerprint density at radius 2 is 1.43 bits per heavy atom. The molecule has 14 heavy (non-hydrogen) atoms. The molecule has 0 aliphatic carbocycles. The van der Waals surface area contributed by atoms with E-state index >= 15 is 0 Å². The van der Waals surface area contributed by atoms with Crippen LogP contribution in [0.5, 0.6) is 0 Å². The SMILES string of the molecule is NCCCCN(CCON)CCON.